The summed E-state index contributed by atoms with van der Waals surface area (Å²) in [6, 6.07) is 0. The number of carbonyl (C=O) groups is 1. The second-order valence-corrected chi connectivity index (χ2v) is 3.73. The average molecular weight is 306 g/mol. The zero-order chi connectivity index (χ0) is 15.6. The molecule has 0 saturated heterocycles. The predicted molar refractivity (Wildman–Crippen MR) is 76.1 cm³/mol. The Labute approximate surface area is 126 Å². The molecule has 0 rings (SSSR count). The molecule has 7 nitrogen and oxygen atoms in total. The van der Waals surface area contributed by atoms with Gasteiger partial charge in [-0.3, -0.25) is 0 Å². The van der Waals surface area contributed by atoms with Crippen LogP contribution in [0.2, 0.25) is 0 Å². The van der Waals surface area contributed by atoms with Crippen LogP contribution in [-0.2, 0) is 33.2 Å². The Morgan fingerprint density at radius 3 is 1.67 bits per heavy atom. The highest BCUT2D eigenvalue weighted by molar-refractivity contribution is 5.81. The molecule has 7 heteroatoms. The van der Waals surface area contributed by atoms with Crippen LogP contribution in [0.25, 0.3) is 0 Å². The third-order valence-corrected chi connectivity index (χ3v) is 2.14. The molecule has 0 amide bonds. The predicted octanol–water partition coefficient (Wildman–Crippen LogP) is 0.776. The van der Waals surface area contributed by atoms with E-state index in [0.717, 1.165) is 6.08 Å². The van der Waals surface area contributed by atoms with E-state index >= 15 is 0 Å². The molecular weight excluding hydrogens is 280 g/mol. The molecule has 0 unspecified atom stereocenters. The molecule has 0 aliphatic rings. The maximum absolute atomic E-state index is 10.7. The standard InChI is InChI=1S/C14H26O7/c1-3-14(15)21-13-20-12-11-19-10-9-18-8-7-17-6-5-16-4-2/h3H,1,4-13H2,2H3. The van der Waals surface area contributed by atoms with Crippen molar-refractivity contribution in [2.24, 2.45) is 0 Å². The lowest BCUT2D eigenvalue weighted by Gasteiger charge is -2.07. The number of ether oxygens (including phenoxy) is 6. The summed E-state index contributed by atoms with van der Waals surface area (Å²) in [5.41, 5.74) is 0. The Kier molecular flexibility index (Phi) is 16.3. The van der Waals surface area contributed by atoms with E-state index in [2.05, 4.69) is 11.3 Å². The summed E-state index contributed by atoms with van der Waals surface area (Å²) in [6.07, 6.45) is 1.08. The highest BCUT2D eigenvalue weighted by Gasteiger charge is 1.95. The van der Waals surface area contributed by atoms with Crippen LogP contribution < -0.4 is 0 Å². The second-order valence-electron chi connectivity index (χ2n) is 3.73. The normalized spacial score (nSPS) is 10.5. The van der Waals surface area contributed by atoms with Gasteiger partial charge in [-0.1, -0.05) is 6.58 Å². The highest BCUT2D eigenvalue weighted by Crippen LogP contribution is 1.85. The minimum atomic E-state index is -0.507. The lowest BCUT2D eigenvalue weighted by molar-refractivity contribution is -0.151. The molecule has 0 heterocycles. The van der Waals surface area contributed by atoms with Gasteiger partial charge >= 0.3 is 5.97 Å². The quantitative estimate of drug-likeness (QED) is 0.180. The van der Waals surface area contributed by atoms with Gasteiger partial charge in [0.05, 0.1) is 52.9 Å². The molecule has 0 aromatic rings. The summed E-state index contributed by atoms with van der Waals surface area (Å²) in [5, 5.41) is 0. The van der Waals surface area contributed by atoms with Gasteiger partial charge in [-0.25, -0.2) is 4.79 Å². The van der Waals surface area contributed by atoms with Crippen molar-refractivity contribution in [1.29, 1.82) is 0 Å². The molecule has 0 aromatic heterocycles. The van der Waals surface area contributed by atoms with Gasteiger partial charge < -0.3 is 28.4 Å². The van der Waals surface area contributed by atoms with Crippen molar-refractivity contribution >= 4 is 5.97 Å². The first kappa shape index (κ1) is 20.0. The zero-order valence-corrected chi connectivity index (χ0v) is 12.7. The second kappa shape index (κ2) is 17.1. The molecule has 0 bridgehead atoms. The fraction of sp³-hybridized carbons (Fsp3) is 0.786. The number of hydrogen-bond acceptors (Lipinski definition) is 7. The Balaban J connectivity index is 2.99. The number of esters is 1. The van der Waals surface area contributed by atoms with E-state index in [0.29, 0.717) is 59.5 Å². The molecule has 0 aliphatic carbocycles. The zero-order valence-electron chi connectivity index (χ0n) is 12.7. The smallest absolute Gasteiger partial charge is 0.332 e. The molecule has 0 fully saturated rings. The summed E-state index contributed by atoms with van der Waals surface area (Å²) in [7, 11) is 0. The lowest BCUT2D eigenvalue weighted by atomic mass is 10.7. The van der Waals surface area contributed by atoms with Gasteiger partial charge in [0.15, 0.2) is 6.79 Å². The summed E-state index contributed by atoms with van der Waals surface area (Å²) < 4.78 is 30.6. The van der Waals surface area contributed by atoms with Crippen LogP contribution in [0.15, 0.2) is 12.7 Å². The van der Waals surface area contributed by atoms with Crippen LogP contribution in [0.5, 0.6) is 0 Å². The van der Waals surface area contributed by atoms with Gasteiger partial charge in [0, 0.05) is 12.7 Å². The van der Waals surface area contributed by atoms with Crippen molar-refractivity contribution in [3.8, 4) is 0 Å². The van der Waals surface area contributed by atoms with Crippen molar-refractivity contribution in [1.82, 2.24) is 0 Å². The van der Waals surface area contributed by atoms with Gasteiger partial charge in [-0.2, -0.15) is 0 Å². The van der Waals surface area contributed by atoms with E-state index in [-0.39, 0.29) is 6.79 Å². The molecule has 0 aliphatic heterocycles. The minimum Gasteiger partial charge on any atom is -0.435 e. The molecule has 0 N–H and O–H groups in total. The summed E-state index contributed by atoms with van der Waals surface area (Å²) in [5.74, 6) is -0.507. The summed E-state index contributed by atoms with van der Waals surface area (Å²) in [4.78, 5) is 10.7. The van der Waals surface area contributed by atoms with Crippen molar-refractivity contribution in [2.75, 3.05) is 66.3 Å². The van der Waals surface area contributed by atoms with Crippen LogP contribution in [0.4, 0.5) is 0 Å². The Hall–Kier alpha value is -0.990. The molecule has 0 aromatic carbocycles. The molecule has 0 atom stereocenters. The molecule has 124 valence electrons. The summed E-state index contributed by atoms with van der Waals surface area (Å²) >= 11 is 0. The molecular formula is C14H26O7. The van der Waals surface area contributed by atoms with Crippen LogP contribution in [0, 0.1) is 0 Å². The van der Waals surface area contributed by atoms with Gasteiger partial charge in [0.25, 0.3) is 0 Å². The first-order chi connectivity index (χ1) is 10.3. The van der Waals surface area contributed by atoms with E-state index in [9.17, 15) is 4.79 Å². The third-order valence-electron chi connectivity index (χ3n) is 2.14. The van der Waals surface area contributed by atoms with Crippen LogP contribution in [-0.4, -0.2) is 72.2 Å². The van der Waals surface area contributed by atoms with Crippen LogP contribution >= 0.6 is 0 Å². The topological polar surface area (TPSA) is 72.5 Å². The summed E-state index contributed by atoms with van der Waals surface area (Å²) in [6.45, 7) is 9.85. The molecule has 0 radical (unpaired) electrons. The lowest BCUT2D eigenvalue weighted by Crippen LogP contribution is -2.14. The maximum Gasteiger partial charge on any atom is 0.332 e. The first-order valence-corrected chi connectivity index (χ1v) is 6.99. The number of hydrogen-bond donors (Lipinski definition) is 0. The molecule has 21 heavy (non-hydrogen) atoms. The van der Waals surface area contributed by atoms with Gasteiger partial charge in [0.1, 0.15) is 0 Å². The third kappa shape index (κ3) is 17.0. The Morgan fingerprint density at radius 1 is 0.810 bits per heavy atom. The van der Waals surface area contributed by atoms with E-state index in [4.69, 9.17) is 23.7 Å². The molecule has 0 saturated carbocycles. The van der Waals surface area contributed by atoms with E-state index < -0.39 is 5.97 Å². The highest BCUT2D eigenvalue weighted by atomic mass is 16.7. The Morgan fingerprint density at radius 2 is 1.24 bits per heavy atom. The van der Waals surface area contributed by atoms with Crippen molar-refractivity contribution < 1.29 is 33.2 Å². The monoisotopic (exact) mass is 306 g/mol. The molecule has 0 spiro atoms. The maximum atomic E-state index is 10.7. The minimum absolute atomic E-state index is 0.0935. The van der Waals surface area contributed by atoms with Gasteiger partial charge in [-0.05, 0) is 6.92 Å². The van der Waals surface area contributed by atoms with Crippen molar-refractivity contribution in [3.05, 3.63) is 12.7 Å². The van der Waals surface area contributed by atoms with Crippen LogP contribution in [0.1, 0.15) is 6.92 Å². The van der Waals surface area contributed by atoms with Crippen molar-refractivity contribution in [3.63, 3.8) is 0 Å². The van der Waals surface area contributed by atoms with E-state index in [1.807, 2.05) is 6.92 Å². The number of carbonyl (C=O) groups excluding carboxylic acids is 1. The van der Waals surface area contributed by atoms with E-state index in [1.54, 1.807) is 0 Å². The average Bonchev–Trinajstić information content (AvgIpc) is 2.50. The van der Waals surface area contributed by atoms with Crippen LogP contribution in [0.3, 0.4) is 0 Å². The number of rotatable bonds is 16. The van der Waals surface area contributed by atoms with Crippen molar-refractivity contribution in [2.45, 2.75) is 6.92 Å². The van der Waals surface area contributed by atoms with Gasteiger partial charge in [-0.15, -0.1) is 0 Å². The first-order valence-electron chi connectivity index (χ1n) is 6.99. The fourth-order valence-corrected chi connectivity index (χ4v) is 1.14. The fourth-order valence-electron chi connectivity index (χ4n) is 1.14. The largest absolute Gasteiger partial charge is 0.435 e. The SMILES string of the molecule is C=CC(=O)OCOCCOCCOCCOCCOCC. The Bertz CT molecular complexity index is 245. The van der Waals surface area contributed by atoms with Gasteiger partial charge in [0.2, 0.25) is 0 Å². The van der Waals surface area contributed by atoms with E-state index in [1.165, 1.54) is 0 Å².